The van der Waals surface area contributed by atoms with Gasteiger partial charge in [0.1, 0.15) is 6.10 Å². The van der Waals surface area contributed by atoms with Crippen molar-refractivity contribution in [2.45, 2.75) is 25.5 Å². The number of likely N-dealkylation sites (N-methyl/N-ethyl adjacent to an activating group) is 1. The average Bonchev–Trinajstić information content (AvgIpc) is 3.00. The lowest BCUT2D eigenvalue weighted by molar-refractivity contribution is -0.140. The number of nitrogens with zero attached hydrogens (tertiary/aromatic N) is 3. The summed E-state index contributed by atoms with van der Waals surface area (Å²) in [7, 11) is 1.78. The average molecular weight is 271 g/mol. The van der Waals surface area contributed by atoms with Gasteiger partial charge in [-0.25, -0.2) is 4.98 Å². The molecule has 5 heteroatoms. The molecule has 1 aromatic carbocycles. The fraction of sp³-hybridized carbons (Fsp3) is 0.400. The van der Waals surface area contributed by atoms with E-state index in [1.54, 1.807) is 18.1 Å². The highest BCUT2D eigenvalue weighted by Crippen LogP contribution is 2.15. The zero-order valence-corrected chi connectivity index (χ0v) is 11.5. The van der Waals surface area contributed by atoms with Crippen LogP contribution in [0, 0.1) is 0 Å². The van der Waals surface area contributed by atoms with Crippen LogP contribution in [0.2, 0.25) is 0 Å². The van der Waals surface area contributed by atoms with E-state index in [0.29, 0.717) is 13.2 Å². The Morgan fingerprint density at radius 1 is 1.40 bits per heavy atom. The number of ether oxygens (including phenoxy) is 1. The Morgan fingerprint density at radius 2 is 2.20 bits per heavy atom. The molecule has 0 N–H and O–H groups in total. The predicted molar refractivity (Wildman–Crippen MR) is 75.0 cm³/mol. The van der Waals surface area contributed by atoms with Crippen molar-refractivity contribution in [3.05, 3.63) is 36.2 Å². The molecule has 104 valence electrons. The van der Waals surface area contributed by atoms with Crippen LogP contribution in [0.5, 0.6) is 0 Å². The lowest BCUT2D eigenvalue weighted by Crippen LogP contribution is -2.35. The maximum atomic E-state index is 12.2. The Kier molecular flexibility index (Phi) is 3.60. The van der Waals surface area contributed by atoms with Gasteiger partial charge in [0.15, 0.2) is 0 Å². The SMILES string of the molecule is CN(Cc1cnc2ccccc2n1)C(=O)[C@H]1CCCO1. The Labute approximate surface area is 117 Å². The summed E-state index contributed by atoms with van der Waals surface area (Å²) >= 11 is 0. The van der Waals surface area contributed by atoms with Crippen molar-refractivity contribution in [3.8, 4) is 0 Å². The van der Waals surface area contributed by atoms with E-state index in [1.807, 2.05) is 24.3 Å². The summed E-state index contributed by atoms with van der Waals surface area (Å²) in [5, 5.41) is 0. The largest absolute Gasteiger partial charge is 0.368 e. The minimum absolute atomic E-state index is 0.0254. The van der Waals surface area contributed by atoms with Crippen molar-refractivity contribution in [2.75, 3.05) is 13.7 Å². The molecule has 5 nitrogen and oxygen atoms in total. The Hall–Kier alpha value is -2.01. The van der Waals surface area contributed by atoms with E-state index < -0.39 is 0 Å². The van der Waals surface area contributed by atoms with Crippen molar-refractivity contribution in [2.24, 2.45) is 0 Å². The normalized spacial score (nSPS) is 18.4. The quantitative estimate of drug-likeness (QED) is 0.853. The number of carbonyl (C=O) groups excluding carboxylic acids is 1. The second-order valence-electron chi connectivity index (χ2n) is 5.05. The Balaban J connectivity index is 1.73. The number of rotatable bonds is 3. The molecule has 1 aliphatic heterocycles. The molecule has 0 spiro atoms. The first-order chi connectivity index (χ1) is 9.74. The molecule has 20 heavy (non-hydrogen) atoms. The van der Waals surface area contributed by atoms with Crippen molar-refractivity contribution < 1.29 is 9.53 Å². The highest BCUT2D eigenvalue weighted by Gasteiger charge is 2.26. The van der Waals surface area contributed by atoms with Gasteiger partial charge in [0.05, 0.1) is 29.5 Å². The predicted octanol–water partition coefficient (Wildman–Crippen LogP) is 1.77. The van der Waals surface area contributed by atoms with Crippen LogP contribution in [0.1, 0.15) is 18.5 Å². The molecular weight excluding hydrogens is 254 g/mol. The standard InChI is InChI=1S/C15H17N3O2/c1-18(15(19)14-7-4-8-20-14)10-11-9-16-12-5-2-3-6-13(12)17-11/h2-3,5-6,9,14H,4,7-8,10H2,1H3/t14-/m1/s1. The minimum Gasteiger partial charge on any atom is -0.368 e. The van der Waals surface area contributed by atoms with Crippen LogP contribution in [0.15, 0.2) is 30.5 Å². The fourth-order valence-electron chi connectivity index (χ4n) is 2.41. The van der Waals surface area contributed by atoms with E-state index in [0.717, 1.165) is 29.6 Å². The van der Waals surface area contributed by atoms with Crippen LogP contribution in [-0.2, 0) is 16.1 Å². The third-order valence-corrected chi connectivity index (χ3v) is 3.48. The van der Waals surface area contributed by atoms with Crippen molar-refractivity contribution >= 4 is 16.9 Å². The number of aromatic nitrogens is 2. The van der Waals surface area contributed by atoms with E-state index in [2.05, 4.69) is 9.97 Å². The van der Waals surface area contributed by atoms with E-state index in [-0.39, 0.29) is 12.0 Å². The van der Waals surface area contributed by atoms with Gasteiger partial charge < -0.3 is 9.64 Å². The van der Waals surface area contributed by atoms with E-state index >= 15 is 0 Å². The summed E-state index contributed by atoms with van der Waals surface area (Å²) in [6.07, 6.45) is 3.21. The third-order valence-electron chi connectivity index (χ3n) is 3.48. The van der Waals surface area contributed by atoms with Gasteiger partial charge in [0.25, 0.3) is 5.91 Å². The van der Waals surface area contributed by atoms with Crippen LogP contribution < -0.4 is 0 Å². The van der Waals surface area contributed by atoms with Gasteiger partial charge in [-0.3, -0.25) is 9.78 Å². The summed E-state index contributed by atoms with van der Waals surface area (Å²) < 4.78 is 5.42. The molecule has 0 radical (unpaired) electrons. The summed E-state index contributed by atoms with van der Waals surface area (Å²) in [5.74, 6) is 0.0254. The molecule has 1 aromatic heterocycles. The summed E-state index contributed by atoms with van der Waals surface area (Å²) in [4.78, 5) is 22.7. The number of carbonyl (C=O) groups is 1. The lowest BCUT2D eigenvalue weighted by atomic mass is 10.2. The number of benzene rings is 1. The van der Waals surface area contributed by atoms with E-state index in [1.165, 1.54) is 0 Å². The van der Waals surface area contributed by atoms with Gasteiger partial charge in [0, 0.05) is 13.7 Å². The molecular formula is C15H17N3O2. The second-order valence-corrected chi connectivity index (χ2v) is 5.05. The van der Waals surface area contributed by atoms with Gasteiger partial charge in [-0.1, -0.05) is 12.1 Å². The summed E-state index contributed by atoms with van der Waals surface area (Å²) in [6, 6.07) is 7.72. The Bertz CT molecular complexity index is 623. The van der Waals surface area contributed by atoms with Crippen LogP contribution in [0.4, 0.5) is 0 Å². The van der Waals surface area contributed by atoms with Crippen LogP contribution in [0.3, 0.4) is 0 Å². The maximum absolute atomic E-state index is 12.2. The molecule has 0 saturated carbocycles. The highest BCUT2D eigenvalue weighted by molar-refractivity contribution is 5.81. The molecule has 0 aliphatic carbocycles. The van der Waals surface area contributed by atoms with Crippen LogP contribution in [-0.4, -0.2) is 40.5 Å². The van der Waals surface area contributed by atoms with Crippen molar-refractivity contribution in [1.82, 2.24) is 14.9 Å². The molecule has 1 saturated heterocycles. The van der Waals surface area contributed by atoms with E-state index in [9.17, 15) is 4.79 Å². The van der Waals surface area contributed by atoms with Crippen molar-refractivity contribution in [1.29, 1.82) is 0 Å². The molecule has 1 atom stereocenters. The molecule has 2 heterocycles. The van der Waals surface area contributed by atoms with Crippen LogP contribution >= 0.6 is 0 Å². The molecule has 3 rings (SSSR count). The Morgan fingerprint density at radius 3 is 2.95 bits per heavy atom. The number of fused-ring (bicyclic) bond motifs is 1. The molecule has 1 aliphatic rings. The zero-order valence-electron chi connectivity index (χ0n) is 11.5. The van der Waals surface area contributed by atoms with Gasteiger partial charge in [-0.2, -0.15) is 0 Å². The topological polar surface area (TPSA) is 55.3 Å². The minimum atomic E-state index is -0.284. The third kappa shape index (κ3) is 2.63. The fourth-order valence-corrected chi connectivity index (χ4v) is 2.41. The first-order valence-corrected chi connectivity index (χ1v) is 6.81. The summed E-state index contributed by atoms with van der Waals surface area (Å²) in [6.45, 7) is 1.14. The number of amides is 1. The highest BCUT2D eigenvalue weighted by atomic mass is 16.5. The molecule has 2 aromatic rings. The zero-order chi connectivity index (χ0) is 13.9. The molecule has 1 fully saturated rings. The second kappa shape index (κ2) is 5.54. The first kappa shape index (κ1) is 13.0. The lowest BCUT2D eigenvalue weighted by Gasteiger charge is -2.20. The van der Waals surface area contributed by atoms with Gasteiger partial charge in [-0.05, 0) is 25.0 Å². The number of hydrogen-bond acceptors (Lipinski definition) is 4. The van der Waals surface area contributed by atoms with Gasteiger partial charge in [0.2, 0.25) is 0 Å². The van der Waals surface area contributed by atoms with Crippen molar-refractivity contribution in [3.63, 3.8) is 0 Å². The molecule has 1 amide bonds. The molecule has 0 unspecified atom stereocenters. The van der Waals surface area contributed by atoms with Gasteiger partial charge >= 0.3 is 0 Å². The smallest absolute Gasteiger partial charge is 0.251 e. The van der Waals surface area contributed by atoms with E-state index in [4.69, 9.17) is 4.74 Å². The summed E-state index contributed by atoms with van der Waals surface area (Å²) in [5.41, 5.74) is 2.50. The number of hydrogen-bond donors (Lipinski definition) is 0. The first-order valence-electron chi connectivity index (χ1n) is 6.81. The van der Waals surface area contributed by atoms with Crippen LogP contribution in [0.25, 0.3) is 11.0 Å². The maximum Gasteiger partial charge on any atom is 0.251 e. The number of para-hydroxylation sites is 2. The molecule has 0 bridgehead atoms. The monoisotopic (exact) mass is 271 g/mol. The van der Waals surface area contributed by atoms with Gasteiger partial charge in [-0.15, -0.1) is 0 Å².